The molecule has 0 amide bonds. The molecule has 2 aliphatic heterocycles. The van der Waals surface area contributed by atoms with Crippen molar-refractivity contribution in [2.24, 2.45) is 5.92 Å². The quantitative estimate of drug-likeness (QED) is 0.901. The molecule has 0 aromatic heterocycles. The van der Waals surface area contributed by atoms with Crippen molar-refractivity contribution in [2.45, 2.75) is 32.3 Å². The third kappa shape index (κ3) is 3.10. The third-order valence-electron chi connectivity index (χ3n) is 4.23. The van der Waals surface area contributed by atoms with Crippen LogP contribution in [-0.2, 0) is 17.6 Å². The van der Waals surface area contributed by atoms with Gasteiger partial charge in [-0.15, -0.1) is 0 Å². The highest BCUT2D eigenvalue weighted by Crippen LogP contribution is 2.26. The third-order valence-corrected chi connectivity index (χ3v) is 4.23. The van der Waals surface area contributed by atoms with Gasteiger partial charge in [-0.25, -0.2) is 0 Å². The van der Waals surface area contributed by atoms with E-state index in [0.717, 1.165) is 44.9 Å². The van der Waals surface area contributed by atoms with Gasteiger partial charge in [-0.05, 0) is 42.5 Å². The first-order chi connectivity index (χ1) is 9.33. The minimum Gasteiger partial charge on any atom is -0.493 e. The van der Waals surface area contributed by atoms with Gasteiger partial charge >= 0.3 is 0 Å². The smallest absolute Gasteiger partial charge is 0.122 e. The number of ether oxygens (including phenoxy) is 2. The molecule has 0 saturated carbocycles. The second kappa shape index (κ2) is 5.93. The van der Waals surface area contributed by atoms with Gasteiger partial charge in [0, 0.05) is 13.0 Å². The minimum atomic E-state index is 0.381. The van der Waals surface area contributed by atoms with Crippen LogP contribution in [0.1, 0.15) is 24.5 Å². The SMILES string of the molecule is CC1CCNCC1OCCc1ccc2c(c1)CCO2. The topological polar surface area (TPSA) is 30.5 Å². The molecular weight excluding hydrogens is 238 g/mol. The van der Waals surface area contributed by atoms with Gasteiger partial charge < -0.3 is 14.8 Å². The van der Waals surface area contributed by atoms with E-state index < -0.39 is 0 Å². The van der Waals surface area contributed by atoms with Crippen LogP contribution in [0.15, 0.2) is 18.2 Å². The monoisotopic (exact) mass is 261 g/mol. The van der Waals surface area contributed by atoms with Gasteiger partial charge in [-0.2, -0.15) is 0 Å². The average molecular weight is 261 g/mol. The number of rotatable bonds is 4. The molecule has 19 heavy (non-hydrogen) atoms. The predicted molar refractivity (Wildman–Crippen MR) is 75.7 cm³/mol. The molecule has 1 saturated heterocycles. The number of benzene rings is 1. The maximum Gasteiger partial charge on any atom is 0.122 e. The summed E-state index contributed by atoms with van der Waals surface area (Å²) < 4.78 is 11.6. The Morgan fingerprint density at radius 1 is 1.42 bits per heavy atom. The van der Waals surface area contributed by atoms with E-state index in [1.807, 2.05) is 0 Å². The number of hydrogen-bond acceptors (Lipinski definition) is 3. The van der Waals surface area contributed by atoms with Crippen molar-refractivity contribution in [1.82, 2.24) is 5.32 Å². The van der Waals surface area contributed by atoms with Crippen LogP contribution < -0.4 is 10.1 Å². The molecule has 104 valence electrons. The Morgan fingerprint density at radius 2 is 2.37 bits per heavy atom. The van der Waals surface area contributed by atoms with Gasteiger partial charge in [0.1, 0.15) is 5.75 Å². The van der Waals surface area contributed by atoms with Crippen molar-refractivity contribution in [1.29, 1.82) is 0 Å². The van der Waals surface area contributed by atoms with Gasteiger partial charge in [-0.3, -0.25) is 0 Å². The Bertz CT molecular complexity index is 433. The van der Waals surface area contributed by atoms with Crippen LogP contribution in [0.4, 0.5) is 0 Å². The Kier molecular flexibility index (Phi) is 4.04. The molecule has 2 aliphatic rings. The first kappa shape index (κ1) is 12.9. The lowest BCUT2D eigenvalue weighted by Gasteiger charge is -2.29. The van der Waals surface area contributed by atoms with Crippen molar-refractivity contribution < 1.29 is 9.47 Å². The molecule has 3 nitrogen and oxygen atoms in total. The fraction of sp³-hybridized carbons (Fsp3) is 0.625. The van der Waals surface area contributed by atoms with E-state index >= 15 is 0 Å². The van der Waals surface area contributed by atoms with E-state index in [1.165, 1.54) is 17.5 Å². The molecule has 0 aliphatic carbocycles. The highest BCUT2D eigenvalue weighted by atomic mass is 16.5. The molecule has 1 N–H and O–H groups in total. The van der Waals surface area contributed by atoms with Crippen molar-refractivity contribution in [3.8, 4) is 5.75 Å². The summed E-state index contributed by atoms with van der Waals surface area (Å²) in [6.45, 7) is 6.07. The summed E-state index contributed by atoms with van der Waals surface area (Å²) in [5, 5.41) is 3.41. The zero-order valence-electron chi connectivity index (χ0n) is 11.7. The van der Waals surface area contributed by atoms with Crippen LogP contribution in [0, 0.1) is 5.92 Å². The number of nitrogens with one attached hydrogen (secondary N) is 1. The van der Waals surface area contributed by atoms with E-state index in [4.69, 9.17) is 9.47 Å². The van der Waals surface area contributed by atoms with E-state index in [2.05, 4.69) is 30.4 Å². The van der Waals surface area contributed by atoms with E-state index in [-0.39, 0.29) is 0 Å². The lowest BCUT2D eigenvalue weighted by molar-refractivity contribution is 0.00576. The molecule has 1 fully saturated rings. The highest BCUT2D eigenvalue weighted by molar-refractivity contribution is 5.39. The Balaban J connectivity index is 1.49. The Labute approximate surface area is 115 Å². The lowest BCUT2D eigenvalue weighted by atomic mass is 9.97. The number of hydrogen-bond donors (Lipinski definition) is 1. The molecule has 2 heterocycles. The van der Waals surface area contributed by atoms with Gasteiger partial charge in [0.05, 0.1) is 19.3 Å². The van der Waals surface area contributed by atoms with Crippen LogP contribution in [0.3, 0.4) is 0 Å². The molecule has 0 bridgehead atoms. The molecule has 3 heteroatoms. The average Bonchev–Trinajstić information content (AvgIpc) is 2.88. The number of fused-ring (bicyclic) bond motifs is 1. The van der Waals surface area contributed by atoms with Crippen molar-refractivity contribution in [2.75, 3.05) is 26.3 Å². The molecule has 2 unspecified atom stereocenters. The second-order valence-corrected chi connectivity index (χ2v) is 5.67. The second-order valence-electron chi connectivity index (χ2n) is 5.67. The Morgan fingerprint density at radius 3 is 3.26 bits per heavy atom. The molecule has 1 aromatic rings. The van der Waals surface area contributed by atoms with Crippen LogP contribution in [0.2, 0.25) is 0 Å². The minimum absolute atomic E-state index is 0.381. The van der Waals surface area contributed by atoms with Gasteiger partial charge in [0.15, 0.2) is 0 Å². The molecule has 0 spiro atoms. The van der Waals surface area contributed by atoms with Crippen LogP contribution in [0.25, 0.3) is 0 Å². The van der Waals surface area contributed by atoms with E-state index in [9.17, 15) is 0 Å². The summed E-state index contributed by atoms with van der Waals surface area (Å²) in [5.41, 5.74) is 2.71. The summed E-state index contributed by atoms with van der Waals surface area (Å²) in [4.78, 5) is 0. The van der Waals surface area contributed by atoms with Gasteiger partial charge in [0.25, 0.3) is 0 Å². The summed E-state index contributed by atoms with van der Waals surface area (Å²) >= 11 is 0. The van der Waals surface area contributed by atoms with Crippen molar-refractivity contribution in [3.05, 3.63) is 29.3 Å². The molecule has 0 radical (unpaired) electrons. The largest absolute Gasteiger partial charge is 0.493 e. The molecule has 3 rings (SSSR count). The van der Waals surface area contributed by atoms with Gasteiger partial charge in [-0.1, -0.05) is 19.1 Å². The zero-order valence-corrected chi connectivity index (χ0v) is 11.7. The fourth-order valence-electron chi connectivity index (χ4n) is 2.91. The van der Waals surface area contributed by atoms with Crippen LogP contribution >= 0.6 is 0 Å². The first-order valence-corrected chi connectivity index (χ1v) is 7.40. The van der Waals surface area contributed by atoms with E-state index in [0.29, 0.717) is 12.0 Å². The molecule has 1 aromatic carbocycles. The highest BCUT2D eigenvalue weighted by Gasteiger charge is 2.21. The molecule has 2 atom stereocenters. The summed E-state index contributed by atoms with van der Waals surface area (Å²) in [6, 6.07) is 6.53. The predicted octanol–water partition coefficient (Wildman–Crippen LogP) is 2.18. The summed E-state index contributed by atoms with van der Waals surface area (Å²) in [6.07, 6.45) is 3.65. The standard InChI is InChI=1S/C16H23NO2/c1-12-4-7-17-11-16(12)19-8-5-13-2-3-15-14(10-13)6-9-18-15/h2-3,10,12,16-17H,4-9,11H2,1H3. The Hall–Kier alpha value is -1.06. The molecular formula is C16H23NO2. The van der Waals surface area contributed by atoms with Crippen molar-refractivity contribution in [3.63, 3.8) is 0 Å². The fourth-order valence-corrected chi connectivity index (χ4v) is 2.91. The summed E-state index contributed by atoms with van der Waals surface area (Å²) in [5.74, 6) is 1.74. The maximum absolute atomic E-state index is 6.02. The first-order valence-electron chi connectivity index (χ1n) is 7.40. The lowest BCUT2D eigenvalue weighted by Crippen LogP contribution is -2.41. The number of piperidine rings is 1. The van der Waals surface area contributed by atoms with Gasteiger partial charge in [0.2, 0.25) is 0 Å². The maximum atomic E-state index is 6.02. The summed E-state index contributed by atoms with van der Waals surface area (Å²) in [7, 11) is 0. The normalized spacial score (nSPS) is 25.9. The van der Waals surface area contributed by atoms with Crippen molar-refractivity contribution >= 4 is 0 Å². The van der Waals surface area contributed by atoms with Crippen LogP contribution in [0.5, 0.6) is 5.75 Å². The van der Waals surface area contributed by atoms with E-state index in [1.54, 1.807) is 0 Å². The van der Waals surface area contributed by atoms with Crippen LogP contribution in [-0.4, -0.2) is 32.4 Å². The zero-order chi connectivity index (χ0) is 13.1.